The van der Waals surface area contributed by atoms with E-state index in [1.807, 2.05) is 0 Å². The topological polar surface area (TPSA) is 37.8 Å². The first-order valence-electron chi connectivity index (χ1n) is 6.56. The zero-order valence-electron chi connectivity index (χ0n) is 10.7. The third-order valence-corrected chi connectivity index (χ3v) is 3.59. The molecule has 0 bridgehead atoms. The minimum Gasteiger partial charge on any atom is -0.316 e. The third-order valence-electron chi connectivity index (χ3n) is 3.59. The summed E-state index contributed by atoms with van der Waals surface area (Å²) in [7, 11) is 0. The fraction of sp³-hybridized carbons (Fsp3) is 0.429. The number of fused-ring (bicyclic) bond motifs is 1. The van der Waals surface area contributed by atoms with E-state index in [2.05, 4.69) is 15.3 Å². The predicted octanol–water partition coefficient (Wildman–Crippen LogP) is 2.80. The Bertz CT molecular complexity index is 619. The Kier molecular flexibility index (Phi) is 3.33. The maximum Gasteiger partial charge on any atom is 0.416 e. The van der Waals surface area contributed by atoms with Gasteiger partial charge in [0.05, 0.1) is 11.1 Å². The molecule has 1 saturated heterocycles. The first-order valence-corrected chi connectivity index (χ1v) is 6.56. The Labute approximate surface area is 114 Å². The number of aromatic nitrogens is 2. The van der Waals surface area contributed by atoms with Gasteiger partial charge >= 0.3 is 6.18 Å². The van der Waals surface area contributed by atoms with E-state index in [1.165, 1.54) is 6.07 Å². The van der Waals surface area contributed by atoms with Crippen molar-refractivity contribution in [2.24, 2.45) is 5.92 Å². The van der Waals surface area contributed by atoms with E-state index < -0.39 is 11.7 Å². The van der Waals surface area contributed by atoms with Crippen molar-refractivity contribution in [3.05, 3.63) is 35.8 Å². The maximum absolute atomic E-state index is 12.7. The minimum absolute atomic E-state index is 0.357. The quantitative estimate of drug-likeness (QED) is 0.919. The number of alkyl halides is 3. The molecule has 1 aliphatic heterocycles. The molecule has 0 spiro atoms. The average molecular weight is 281 g/mol. The number of rotatable bonds is 2. The molecule has 0 radical (unpaired) electrons. The van der Waals surface area contributed by atoms with Crippen molar-refractivity contribution in [3.63, 3.8) is 0 Å². The fourth-order valence-electron chi connectivity index (χ4n) is 2.48. The molecule has 2 heterocycles. The average Bonchev–Trinajstić information content (AvgIpc) is 2.90. The Morgan fingerprint density at radius 3 is 2.85 bits per heavy atom. The van der Waals surface area contributed by atoms with Gasteiger partial charge in [-0.25, -0.2) is 9.97 Å². The van der Waals surface area contributed by atoms with Crippen LogP contribution < -0.4 is 5.32 Å². The monoisotopic (exact) mass is 281 g/mol. The molecule has 1 fully saturated rings. The molecule has 0 aliphatic carbocycles. The summed E-state index contributed by atoms with van der Waals surface area (Å²) in [6, 6.07) is 3.57. The third kappa shape index (κ3) is 2.75. The van der Waals surface area contributed by atoms with Crippen LogP contribution in [0.1, 0.15) is 17.8 Å². The van der Waals surface area contributed by atoms with Gasteiger partial charge in [0.2, 0.25) is 0 Å². The van der Waals surface area contributed by atoms with Crippen LogP contribution in [0.2, 0.25) is 0 Å². The van der Waals surface area contributed by atoms with Gasteiger partial charge in [-0.2, -0.15) is 13.2 Å². The highest BCUT2D eigenvalue weighted by Gasteiger charge is 2.30. The van der Waals surface area contributed by atoms with Gasteiger partial charge in [0, 0.05) is 18.0 Å². The van der Waals surface area contributed by atoms with Crippen molar-refractivity contribution < 1.29 is 13.2 Å². The van der Waals surface area contributed by atoms with Crippen LogP contribution in [-0.2, 0) is 12.6 Å². The molecule has 20 heavy (non-hydrogen) atoms. The van der Waals surface area contributed by atoms with Gasteiger partial charge in [-0.15, -0.1) is 0 Å². The molecule has 106 valence electrons. The van der Waals surface area contributed by atoms with Crippen LogP contribution in [0.15, 0.2) is 24.4 Å². The summed E-state index contributed by atoms with van der Waals surface area (Å²) in [6.07, 6.45) is -0.974. The summed E-state index contributed by atoms with van der Waals surface area (Å²) < 4.78 is 38.1. The first kappa shape index (κ1) is 13.3. The molecular weight excluding hydrogens is 267 g/mol. The lowest BCUT2D eigenvalue weighted by Gasteiger charge is -2.09. The van der Waals surface area contributed by atoms with Crippen molar-refractivity contribution >= 4 is 10.9 Å². The van der Waals surface area contributed by atoms with E-state index in [0.29, 0.717) is 29.1 Å². The lowest BCUT2D eigenvalue weighted by Crippen LogP contribution is -2.12. The maximum atomic E-state index is 12.7. The molecule has 6 heteroatoms. The van der Waals surface area contributed by atoms with E-state index in [-0.39, 0.29) is 0 Å². The minimum atomic E-state index is -4.34. The smallest absolute Gasteiger partial charge is 0.316 e. The van der Waals surface area contributed by atoms with Crippen molar-refractivity contribution in [1.29, 1.82) is 0 Å². The summed E-state index contributed by atoms with van der Waals surface area (Å²) in [6.45, 7) is 1.90. The molecule has 1 atom stereocenters. The lowest BCUT2D eigenvalue weighted by molar-refractivity contribution is -0.137. The van der Waals surface area contributed by atoms with Gasteiger partial charge in [-0.1, -0.05) is 6.07 Å². The highest BCUT2D eigenvalue weighted by molar-refractivity contribution is 5.78. The molecular formula is C14H14F3N3. The molecule has 1 aromatic heterocycles. The first-order chi connectivity index (χ1) is 9.52. The van der Waals surface area contributed by atoms with Crippen molar-refractivity contribution in [2.75, 3.05) is 13.1 Å². The number of nitrogens with one attached hydrogen (secondary N) is 1. The summed E-state index contributed by atoms with van der Waals surface area (Å²) in [4.78, 5) is 8.52. The molecule has 1 unspecified atom stereocenters. The second kappa shape index (κ2) is 5.01. The zero-order chi connectivity index (χ0) is 14.2. The van der Waals surface area contributed by atoms with E-state index in [9.17, 15) is 13.2 Å². The Hall–Kier alpha value is -1.69. The van der Waals surface area contributed by atoms with Crippen molar-refractivity contribution in [2.45, 2.75) is 19.0 Å². The highest BCUT2D eigenvalue weighted by atomic mass is 19.4. The number of hydrogen-bond donors (Lipinski definition) is 1. The second-order valence-electron chi connectivity index (χ2n) is 5.12. The molecule has 1 aromatic carbocycles. The largest absolute Gasteiger partial charge is 0.416 e. The molecule has 2 aromatic rings. The normalized spacial score (nSPS) is 19.6. The molecule has 1 N–H and O–H groups in total. The molecule has 0 amide bonds. The number of hydrogen-bond acceptors (Lipinski definition) is 3. The van der Waals surface area contributed by atoms with Crippen LogP contribution >= 0.6 is 0 Å². The molecule has 0 saturated carbocycles. The molecule has 1 aliphatic rings. The van der Waals surface area contributed by atoms with Gasteiger partial charge in [-0.3, -0.25) is 0 Å². The van der Waals surface area contributed by atoms with Crippen molar-refractivity contribution in [3.8, 4) is 0 Å². The number of halogens is 3. The Morgan fingerprint density at radius 1 is 1.30 bits per heavy atom. The summed E-state index contributed by atoms with van der Waals surface area (Å²) >= 11 is 0. The predicted molar refractivity (Wildman–Crippen MR) is 69.2 cm³/mol. The van der Waals surface area contributed by atoms with Crippen LogP contribution in [0.5, 0.6) is 0 Å². The van der Waals surface area contributed by atoms with Crippen LogP contribution in [-0.4, -0.2) is 23.1 Å². The van der Waals surface area contributed by atoms with Crippen molar-refractivity contribution in [1.82, 2.24) is 15.3 Å². The van der Waals surface area contributed by atoms with Gasteiger partial charge in [0.1, 0.15) is 5.82 Å². The lowest BCUT2D eigenvalue weighted by atomic mass is 10.0. The van der Waals surface area contributed by atoms with Crippen LogP contribution in [0.4, 0.5) is 13.2 Å². The molecule has 3 rings (SSSR count). The Morgan fingerprint density at radius 2 is 2.15 bits per heavy atom. The SMILES string of the molecule is FC(F)(F)c1ccc2cnc(CC3CCNC3)nc2c1. The van der Waals surface area contributed by atoms with Gasteiger partial charge in [0.25, 0.3) is 0 Å². The molecule has 3 nitrogen and oxygen atoms in total. The zero-order valence-corrected chi connectivity index (χ0v) is 10.7. The van der Waals surface area contributed by atoms with Crippen LogP contribution in [0.25, 0.3) is 10.9 Å². The fourth-order valence-corrected chi connectivity index (χ4v) is 2.48. The second-order valence-corrected chi connectivity index (χ2v) is 5.12. The van der Waals surface area contributed by atoms with E-state index >= 15 is 0 Å². The van der Waals surface area contributed by atoms with Gasteiger partial charge in [-0.05, 0) is 37.6 Å². The Balaban J connectivity index is 1.91. The number of nitrogens with zero attached hydrogens (tertiary/aromatic N) is 2. The van der Waals surface area contributed by atoms with E-state index in [1.54, 1.807) is 6.20 Å². The van der Waals surface area contributed by atoms with E-state index in [0.717, 1.165) is 31.6 Å². The van der Waals surface area contributed by atoms with E-state index in [4.69, 9.17) is 0 Å². The summed E-state index contributed by atoms with van der Waals surface area (Å²) in [5.41, 5.74) is -0.312. The van der Waals surface area contributed by atoms with Crippen LogP contribution in [0.3, 0.4) is 0 Å². The van der Waals surface area contributed by atoms with Gasteiger partial charge < -0.3 is 5.32 Å². The number of benzene rings is 1. The highest BCUT2D eigenvalue weighted by Crippen LogP contribution is 2.30. The van der Waals surface area contributed by atoms with Gasteiger partial charge in [0.15, 0.2) is 0 Å². The standard InChI is InChI=1S/C14H14F3N3/c15-14(16,17)11-2-1-10-8-19-13(20-12(10)6-11)5-9-3-4-18-7-9/h1-2,6,8-9,18H,3-5,7H2. The summed E-state index contributed by atoms with van der Waals surface area (Å²) in [5, 5.41) is 3.89. The van der Waals surface area contributed by atoms with Crippen LogP contribution in [0, 0.1) is 5.92 Å². The summed E-state index contributed by atoms with van der Waals surface area (Å²) in [5.74, 6) is 1.09.